The van der Waals surface area contributed by atoms with Crippen molar-refractivity contribution in [2.24, 2.45) is 0 Å². The van der Waals surface area contributed by atoms with Gasteiger partial charge < -0.3 is 15.4 Å². The summed E-state index contributed by atoms with van der Waals surface area (Å²) in [5.41, 5.74) is 0. The summed E-state index contributed by atoms with van der Waals surface area (Å²) in [5.74, 6) is 0.122. The van der Waals surface area contributed by atoms with Crippen LogP contribution in [0.5, 0.6) is 0 Å². The Bertz CT molecular complexity index is 254. The number of hydrogen-bond acceptors (Lipinski definition) is 4. The molecule has 2 fully saturated rings. The van der Waals surface area contributed by atoms with E-state index in [0.29, 0.717) is 19.1 Å². The van der Waals surface area contributed by atoms with Crippen LogP contribution >= 0.6 is 0 Å². The fourth-order valence-corrected chi connectivity index (χ4v) is 2.50. The number of nitrogens with one attached hydrogen (secondary N) is 2. The average Bonchev–Trinajstić information content (AvgIpc) is 2.97. The van der Waals surface area contributed by atoms with E-state index in [9.17, 15) is 4.79 Å². The van der Waals surface area contributed by atoms with Gasteiger partial charge in [-0.2, -0.15) is 0 Å². The van der Waals surface area contributed by atoms with Crippen molar-refractivity contribution in [2.45, 2.75) is 31.4 Å². The van der Waals surface area contributed by atoms with Crippen LogP contribution in [0.15, 0.2) is 0 Å². The van der Waals surface area contributed by atoms with Crippen molar-refractivity contribution >= 4 is 5.91 Å². The van der Waals surface area contributed by atoms with E-state index in [1.165, 1.54) is 0 Å². The lowest BCUT2D eigenvalue weighted by Crippen LogP contribution is -2.40. The summed E-state index contributed by atoms with van der Waals surface area (Å²) in [5, 5.41) is 6.21. The summed E-state index contributed by atoms with van der Waals surface area (Å²) in [7, 11) is 1.98. The van der Waals surface area contributed by atoms with Gasteiger partial charge in [0.05, 0.1) is 12.6 Å². The van der Waals surface area contributed by atoms with Crippen molar-refractivity contribution in [2.75, 3.05) is 39.8 Å². The van der Waals surface area contributed by atoms with Crippen molar-refractivity contribution < 1.29 is 9.53 Å². The van der Waals surface area contributed by atoms with Gasteiger partial charge in [0.15, 0.2) is 0 Å². The summed E-state index contributed by atoms with van der Waals surface area (Å²) in [6.07, 6.45) is 3.57. The number of rotatable bonds is 5. The molecule has 98 valence electrons. The third-order valence-electron chi connectivity index (χ3n) is 3.60. The number of likely N-dealkylation sites (tertiary alicyclic amines) is 1. The average molecular weight is 241 g/mol. The largest absolute Gasteiger partial charge is 0.376 e. The Morgan fingerprint density at radius 3 is 3.00 bits per heavy atom. The van der Waals surface area contributed by atoms with Crippen molar-refractivity contribution in [3.63, 3.8) is 0 Å². The fourth-order valence-electron chi connectivity index (χ4n) is 2.50. The molecule has 0 bridgehead atoms. The highest BCUT2D eigenvalue weighted by atomic mass is 16.5. The summed E-state index contributed by atoms with van der Waals surface area (Å²) in [4.78, 5) is 13.9. The van der Waals surface area contributed by atoms with Gasteiger partial charge in [-0.05, 0) is 26.3 Å². The van der Waals surface area contributed by atoms with Crippen LogP contribution in [0.2, 0.25) is 0 Å². The summed E-state index contributed by atoms with van der Waals surface area (Å²) in [6, 6.07) is 0.543. The Balaban J connectivity index is 1.60. The number of hydrogen-bond donors (Lipinski definition) is 2. The van der Waals surface area contributed by atoms with Crippen molar-refractivity contribution in [1.82, 2.24) is 15.5 Å². The molecule has 0 radical (unpaired) electrons. The van der Waals surface area contributed by atoms with Crippen LogP contribution in [0.3, 0.4) is 0 Å². The van der Waals surface area contributed by atoms with E-state index in [4.69, 9.17) is 4.74 Å². The lowest BCUT2D eigenvalue weighted by molar-refractivity contribution is -0.122. The summed E-state index contributed by atoms with van der Waals surface area (Å²) in [6.45, 7) is 4.02. The molecule has 2 aliphatic rings. The van der Waals surface area contributed by atoms with E-state index < -0.39 is 0 Å². The van der Waals surface area contributed by atoms with Gasteiger partial charge in [-0.1, -0.05) is 0 Å². The quantitative estimate of drug-likeness (QED) is 0.686. The first-order valence-electron chi connectivity index (χ1n) is 6.56. The second kappa shape index (κ2) is 6.33. The predicted molar refractivity (Wildman–Crippen MR) is 65.9 cm³/mol. The fraction of sp³-hybridized carbons (Fsp3) is 0.917. The number of carbonyl (C=O) groups excluding carboxylic acids is 1. The van der Waals surface area contributed by atoms with E-state index in [1.54, 1.807) is 0 Å². The topological polar surface area (TPSA) is 53.6 Å². The van der Waals surface area contributed by atoms with Gasteiger partial charge in [0.1, 0.15) is 0 Å². The molecule has 1 amide bonds. The zero-order valence-electron chi connectivity index (χ0n) is 10.6. The molecule has 0 aromatic rings. The first-order valence-corrected chi connectivity index (χ1v) is 6.56. The molecule has 2 atom stereocenters. The molecule has 5 nitrogen and oxygen atoms in total. The highest BCUT2D eigenvalue weighted by molar-refractivity contribution is 5.78. The first kappa shape index (κ1) is 12.8. The first-order chi connectivity index (χ1) is 8.28. The highest BCUT2D eigenvalue weighted by Crippen LogP contribution is 2.11. The van der Waals surface area contributed by atoms with Crippen LogP contribution in [0, 0.1) is 0 Å². The van der Waals surface area contributed by atoms with Gasteiger partial charge in [0.25, 0.3) is 0 Å². The highest BCUT2D eigenvalue weighted by Gasteiger charge is 2.23. The van der Waals surface area contributed by atoms with Crippen LogP contribution in [-0.4, -0.2) is 62.8 Å². The maximum Gasteiger partial charge on any atom is 0.234 e. The zero-order valence-corrected chi connectivity index (χ0v) is 10.6. The molecule has 2 unspecified atom stereocenters. The van der Waals surface area contributed by atoms with E-state index in [-0.39, 0.29) is 12.0 Å². The Hall–Kier alpha value is -0.650. The monoisotopic (exact) mass is 241 g/mol. The maximum atomic E-state index is 11.7. The third kappa shape index (κ3) is 3.94. The number of ether oxygens (including phenoxy) is 1. The lowest BCUT2D eigenvalue weighted by atomic mass is 10.2. The second-order valence-corrected chi connectivity index (χ2v) is 4.95. The van der Waals surface area contributed by atoms with Gasteiger partial charge in [-0.15, -0.1) is 0 Å². The molecular weight excluding hydrogens is 218 g/mol. The standard InChI is InChI=1S/C12H23N3O2/c1-13-10-4-5-15(8-10)9-12(16)14-7-11-3-2-6-17-11/h10-11,13H,2-9H2,1H3,(H,14,16). The molecule has 0 saturated carbocycles. The molecule has 0 aliphatic carbocycles. The SMILES string of the molecule is CNC1CCN(CC(=O)NCC2CCCO2)C1. The molecule has 2 rings (SSSR count). The zero-order chi connectivity index (χ0) is 12.1. The van der Waals surface area contributed by atoms with Crippen LogP contribution in [-0.2, 0) is 9.53 Å². The van der Waals surface area contributed by atoms with Crippen molar-refractivity contribution in [3.05, 3.63) is 0 Å². The van der Waals surface area contributed by atoms with Crippen LogP contribution in [0.1, 0.15) is 19.3 Å². The molecule has 2 aliphatic heterocycles. The number of amides is 1. The molecule has 2 heterocycles. The minimum atomic E-state index is 0.122. The van der Waals surface area contributed by atoms with Gasteiger partial charge in [0, 0.05) is 32.3 Å². The van der Waals surface area contributed by atoms with E-state index >= 15 is 0 Å². The Kier molecular flexibility index (Phi) is 4.76. The molecule has 0 spiro atoms. The van der Waals surface area contributed by atoms with Crippen LogP contribution in [0.25, 0.3) is 0 Å². The molecule has 17 heavy (non-hydrogen) atoms. The van der Waals surface area contributed by atoms with Gasteiger partial charge in [-0.25, -0.2) is 0 Å². The van der Waals surface area contributed by atoms with Gasteiger partial charge in [0.2, 0.25) is 5.91 Å². The molecule has 5 heteroatoms. The Morgan fingerprint density at radius 2 is 2.35 bits per heavy atom. The summed E-state index contributed by atoms with van der Waals surface area (Å²) >= 11 is 0. The Labute approximate surface area is 103 Å². The Morgan fingerprint density at radius 1 is 1.47 bits per heavy atom. The normalized spacial score (nSPS) is 29.7. The predicted octanol–water partition coefficient (Wildman–Crippen LogP) is -0.425. The number of likely N-dealkylation sites (N-methyl/N-ethyl adjacent to an activating group) is 1. The molecule has 0 aromatic heterocycles. The van der Waals surface area contributed by atoms with E-state index in [2.05, 4.69) is 15.5 Å². The second-order valence-electron chi connectivity index (χ2n) is 4.95. The number of carbonyl (C=O) groups is 1. The van der Waals surface area contributed by atoms with Crippen molar-refractivity contribution in [1.29, 1.82) is 0 Å². The summed E-state index contributed by atoms with van der Waals surface area (Å²) < 4.78 is 5.47. The molecule has 2 saturated heterocycles. The molecule has 2 N–H and O–H groups in total. The van der Waals surface area contributed by atoms with Crippen LogP contribution < -0.4 is 10.6 Å². The number of nitrogens with zero attached hydrogens (tertiary/aromatic N) is 1. The molecule has 0 aromatic carbocycles. The molecular formula is C12H23N3O2. The smallest absolute Gasteiger partial charge is 0.234 e. The maximum absolute atomic E-state index is 11.7. The lowest BCUT2D eigenvalue weighted by Gasteiger charge is -2.16. The minimum Gasteiger partial charge on any atom is -0.376 e. The van der Waals surface area contributed by atoms with E-state index in [1.807, 2.05) is 7.05 Å². The van der Waals surface area contributed by atoms with E-state index in [0.717, 1.165) is 39.0 Å². The van der Waals surface area contributed by atoms with Crippen molar-refractivity contribution in [3.8, 4) is 0 Å². The minimum absolute atomic E-state index is 0.122. The van der Waals surface area contributed by atoms with Gasteiger partial charge in [-0.3, -0.25) is 9.69 Å². The van der Waals surface area contributed by atoms with Gasteiger partial charge >= 0.3 is 0 Å². The van der Waals surface area contributed by atoms with Crippen LogP contribution in [0.4, 0.5) is 0 Å². The third-order valence-corrected chi connectivity index (χ3v) is 3.60.